The molecule has 0 spiro atoms. The molecule has 0 saturated heterocycles. The fourth-order valence-electron chi connectivity index (χ4n) is 1.51. The maximum Gasteiger partial charge on any atom is 0.220 e. The first-order chi connectivity index (χ1) is 6.81. The quantitative estimate of drug-likeness (QED) is 0.565. The van der Waals surface area contributed by atoms with Gasteiger partial charge in [-0.2, -0.15) is 0 Å². The number of hydrogen-bond donors (Lipinski definition) is 1. The van der Waals surface area contributed by atoms with E-state index in [2.05, 4.69) is 19.3 Å². The average Bonchev–Trinajstić information content (AvgIpc) is 2.21. The van der Waals surface area contributed by atoms with Crippen LogP contribution >= 0.6 is 0 Å². The van der Waals surface area contributed by atoms with Gasteiger partial charge in [-0.3, -0.25) is 4.79 Å². The van der Waals surface area contributed by atoms with E-state index in [0.717, 1.165) is 6.42 Å². The van der Waals surface area contributed by atoms with Gasteiger partial charge < -0.3 is 5.32 Å². The van der Waals surface area contributed by atoms with Crippen LogP contribution in [0.3, 0.4) is 0 Å². The summed E-state index contributed by atoms with van der Waals surface area (Å²) in [5.41, 5.74) is 0. The molecule has 0 fully saturated rings. The molecule has 0 bridgehead atoms. The molecule has 0 saturated carbocycles. The van der Waals surface area contributed by atoms with Gasteiger partial charge in [-0.1, -0.05) is 51.9 Å². The molecular weight excluding hydrogens is 174 g/mol. The van der Waals surface area contributed by atoms with Crippen LogP contribution in [-0.4, -0.2) is 5.91 Å². The van der Waals surface area contributed by atoms with Gasteiger partial charge in [-0.05, 0) is 6.42 Å². The van der Waals surface area contributed by atoms with Crippen LogP contribution in [0.2, 0.25) is 0 Å². The molecule has 0 unspecified atom stereocenters. The van der Waals surface area contributed by atoms with Gasteiger partial charge in [-0.25, -0.2) is 0 Å². The molecule has 0 aliphatic carbocycles. The van der Waals surface area contributed by atoms with Crippen molar-refractivity contribution in [1.29, 1.82) is 0 Å². The highest BCUT2D eigenvalue weighted by Gasteiger charge is 1.96. The van der Waals surface area contributed by atoms with Gasteiger partial charge >= 0.3 is 0 Å². The Bertz CT molecular complexity index is 134. The van der Waals surface area contributed by atoms with Crippen molar-refractivity contribution in [2.75, 3.05) is 0 Å². The van der Waals surface area contributed by atoms with E-state index in [0.29, 0.717) is 6.42 Å². The van der Waals surface area contributed by atoms with Crippen LogP contribution in [-0.2, 0) is 4.79 Å². The monoisotopic (exact) mass is 198 g/mol. The smallest absolute Gasteiger partial charge is 0.220 e. The third-order valence-corrected chi connectivity index (χ3v) is 2.45. The van der Waals surface area contributed by atoms with Crippen LogP contribution in [0.4, 0.5) is 0 Å². The van der Waals surface area contributed by atoms with E-state index in [9.17, 15) is 4.79 Å². The summed E-state index contributed by atoms with van der Waals surface area (Å²) in [5, 5.41) is 2.39. The SMILES string of the molecule is [CH2]NC(=O)CCCCCCCCCC. The molecule has 0 aromatic heterocycles. The Morgan fingerprint density at radius 1 is 1.00 bits per heavy atom. The van der Waals surface area contributed by atoms with E-state index >= 15 is 0 Å². The van der Waals surface area contributed by atoms with E-state index in [1.165, 1.54) is 44.9 Å². The largest absolute Gasteiger partial charge is 0.354 e. The van der Waals surface area contributed by atoms with E-state index in [4.69, 9.17) is 0 Å². The first kappa shape index (κ1) is 13.5. The highest BCUT2D eigenvalue weighted by molar-refractivity contribution is 5.75. The van der Waals surface area contributed by atoms with Crippen molar-refractivity contribution in [3.05, 3.63) is 7.05 Å². The van der Waals surface area contributed by atoms with Crippen molar-refractivity contribution in [2.24, 2.45) is 0 Å². The second-order valence-electron chi connectivity index (χ2n) is 3.82. The molecule has 14 heavy (non-hydrogen) atoms. The number of rotatable bonds is 9. The summed E-state index contributed by atoms with van der Waals surface area (Å²) in [4.78, 5) is 10.8. The second kappa shape index (κ2) is 10.6. The molecule has 0 aromatic rings. The lowest BCUT2D eigenvalue weighted by Gasteiger charge is -2.01. The first-order valence-corrected chi connectivity index (χ1v) is 5.87. The molecule has 0 aliphatic heterocycles. The maximum absolute atomic E-state index is 10.8. The van der Waals surface area contributed by atoms with E-state index < -0.39 is 0 Å². The van der Waals surface area contributed by atoms with Crippen molar-refractivity contribution < 1.29 is 4.79 Å². The van der Waals surface area contributed by atoms with E-state index in [-0.39, 0.29) is 5.91 Å². The van der Waals surface area contributed by atoms with Gasteiger partial charge in [-0.15, -0.1) is 0 Å². The van der Waals surface area contributed by atoms with Crippen molar-refractivity contribution >= 4 is 5.91 Å². The first-order valence-electron chi connectivity index (χ1n) is 5.87. The molecule has 1 N–H and O–H groups in total. The summed E-state index contributed by atoms with van der Waals surface area (Å²) in [7, 11) is 3.33. The molecule has 2 nitrogen and oxygen atoms in total. The summed E-state index contributed by atoms with van der Waals surface area (Å²) >= 11 is 0. The predicted octanol–water partition coefficient (Wildman–Crippen LogP) is 3.42. The third kappa shape index (κ3) is 9.56. The van der Waals surface area contributed by atoms with Gasteiger partial charge in [0.05, 0.1) is 0 Å². The minimum absolute atomic E-state index is 0.0657. The fraction of sp³-hybridized carbons (Fsp3) is 0.833. The number of hydrogen-bond acceptors (Lipinski definition) is 1. The van der Waals surface area contributed by atoms with Gasteiger partial charge in [0.15, 0.2) is 0 Å². The summed E-state index contributed by atoms with van der Waals surface area (Å²) < 4.78 is 0. The van der Waals surface area contributed by atoms with E-state index in [1.54, 1.807) is 0 Å². The summed E-state index contributed by atoms with van der Waals surface area (Å²) in [6, 6.07) is 0. The van der Waals surface area contributed by atoms with Crippen LogP contribution in [0, 0.1) is 7.05 Å². The third-order valence-electron chi connectivity index (χ3n) is 2.45. The van der Waals surface area contributed by atoms with Gasteiger partial charge in [0.1, 0.15) is 0 Å². The number of unbranched alkanes of at least 4 members (excludes halogenated alkanes) is 7. The normalized spacial score (nSPS) is 10.1. The van der Waals surface area contributed by atoms with Crippen LogP contribution in [0.15, 0.2) is 0 Å². The van der Waals surface area contributed by atoms with Crippen LogP contribution in [0.25, 0.3) is 0 Å². The molecule has 0 aromatic carbocycles. The lowest BCUT2D eigenvalue weighted by molar-refractivity contribution is -0.120. The second-order valence-corrected chi connectivity index (χ2v) is 3.82. The Labute approximate surface area is 88.5 Å². The lowest BCUT2D eigenvalue weighted by Crippen LogP contribution is -2.14. The molecular formula is C12H24NO. The highest BCUT2D eigenvalue weighted by Crippen LogP contribution is 2.09. The van der Waals surface area contributed by atoms with Gasteiger partial charge in [0.25, 0.3) is 0 Å². The van der Waals surface area contributed by atoms with Crippen molar-refractivity contribution in [2.45, 2.75) is 64.7 Å². The Morgan fingerprint density at radius 3 is 2.00 bits per heavy atom. The fourth-order valence-corrected chi connectivity index (χ4v) is 1.51. The molecule has 0 heterocycles. The predicted molar refractivity (Wildman–Crippen MR) is 60.7 cm³/mol. The number of carbonyl (C=O) groups is 1. The number of nitrogens with one attached hydrogen (secondary N) is 1. The zero-order valence-corrected chi connectivity index (χ0v) is 9.48. The minimum Gasteiger partial charge on any atom is -0.354 e. The maximum atomic E-state index is 10.8. The Balaban J connectivity index is 2.95. The van der Waals surface area contributed by atoms with Crippen LogP contribution in [0.1, 0.15) is 64.7 Å². The van der Waals surface area contributed by atoms with Gasteiger partial charge in [0.2, 0.25) is 5.91 Å². The Kier molecular flexibility index (Phi) is 10.2. The van der Waals surface area contributed by atoms with Crippen molar-refractivity contribution in [3.63, 3.8) is 0 Å². The number of amides is 1. The van der Waals surface area contributed by atoms with Crippen LogP contribution in [0.5, 0.6) is 0 Å². The molecule has 1 amide bonds. The Hall–Kier alpha value is -0.530. The molecule has 0 atom stereocenters. The van der Waals surface area contributed by atoms with Crippen molar-refractivity contribution in [3.8, 4) is 0 Å². The highest BCUT2D eigenvalue weighted by atomic mass is 16.1. The summed E-state index contributed by atoms with van der Waals surface area (Å²) in [6.07, 6.45) is 10.8. The minimum atomic E-state index is 0.0657. The standard InChI is InChI=1S/C12H24NO/c1-3-4-5-6-7-8-9-10-11-12(14)13-2/h2-11H2,1H3,(H,13,14). The topological polar surface area (TPSA) is 29.1 Å². The molecule has 1 radical (unpaired) electrons. The van der Waals surface area contributed by atoms with E-state index in [1.807, 2.05) is 0 Å². The summed E-state index contributed by atoms with van der Waals surface area (Å²) in [5.74, 6) is 0.0657. The lowest BCUT2D eigenvalue weighted by atomic mass is 10.1. The average molecular weight is 198 g/mol. The molecule has 0 rings (SSSR count). The van der Waals surface area contributed by atoms with Crippen LogP contribution < -0.4 is 5.32 Å². The molecule has 0 aliphatic rings. The molecule has 83 valence electrons. The number of carbonyl (C=O) groups excluding carboxylic acids is 1. The summed E-state index contributed by atoms with van der Waals surface area (Å²) in [6.45, 7) is 2.23. The zero-order valence-electron chi connectivity index (χ0n) is 9.48. The van der Waals surface area contributed by atoms with Crippen molar-refractivity contribution in [1.82, 2.24) is 5.32 Å². The molecule has 2 heteroatoms. The zero-order chi connectivity index (χ0) is 10.6. The Morgan fingerprint density at radius 2 is 1.50 bits per heavy atom. The van der Waals surface area contributed by atoms with Gasteiger partial charge in [0, 0.05) is 13.5 Å².